The molecule has 122 valence electrons. The van der Waals surface area contributed by atoms with Crippen molar-refractivity contribution < 1.29 is 9.90 Å². The molecular formula is C17H32N2O2. The van der Waals surface area contributed by atoms with E-state index in [-0.39, 0.29) is 0 Å². The van der Waals surface area contributed by atoms with E-state index in [1.54, 1.807) is 0 Å². The van der Waals surface area contributed by atoms with E-state index < -0.39 is 11.5 Å². The summed E-state index contributed by atoms with van der Waals surface area (Å²) in [7, 11) is 0. The van der Waals surface area contributed by atoms with Crippen LogP contribution in [0.15, 0.2) is 0 Å². The van der Waals surface area contributed by atoms with Crippen LogP contribution in [0, 0.1) is 5.92 Å². The number of nitrogens with one attached hydrogen (secondary N) is 1. The molecule has 1 saturated heterocycles. The van der Waals surface area contributed by atoms with Gasteiger partial charge in [0.15, 0.2) is 0 Å². The molecule has 2 fully saturated rings. The van der Waals surface area contributed by atoms with Crippen LogP contribution >= 0.6 is 0 Å². The molecule has 2 aliphatic rings. The number of rotatable bonds is 8. The number of carboxylic acid groups (broad SMARTS) is 1. The minimum absolute atomic E-state index is 0.707. The Bertz CT molecular complexity index is 348. The molecule has 1 aliphatic heterocycles. The van der Waals surface area contributed by atoms with Crippen molar-refractivity contribution in [2.75, 3.05) is 19.6 Å². The topological polar surface area (TPSA) is 52.6 Å². The molecule has 1 saturated carbocycles. The maximum atomic E-state index is 11.4. The van der Waals surface area contributed by atoms with Crippen molar-refractivity contribution in [3.63, 3.8) is 0 Å². The zero-order chi connectivity index (χ0) is 15.3. The third-order valence-corrected chi connectivity index (χ3v) is 5.54. The van der Waals surface area contributed by atoms with Crippen molar-refractivity contribution in [2.45, 2.75) is 76.8 Å². The average molecular weight is 296 g/mol. The monoisotopic (exact) mass is 296 g/mol. The van der Waals surface area contributed by atoms with E-state index in [9.17, 15) is 9.90 Å². The third kappa shape index (κ3) is 4.19. The van der Waals surface area contributed by atoms with Crippen LogP contribution in [0.25, 0.3) is 0 Å². The molecule has 2 N–H and O–H groups in total. The van der Waals surface area contributed by atoms with Gasteiger partial charge in [0, 0.05) is 6.04 Å². The van der Waals surface area contributed by atoms with Crippen LogP contribution in [0.3, 0.4) is 0 Å². The Morgan fingerprint density at radius 1 is 1.29 bits per heavy atom. The number of aliphatic carboxylic acids is 1. The Balaban J connectivity index is 1.70. The van der Waals surface area contributed by atoms with E-state index in [0.717, 1.165) is 37.8 Å². The molecular weight excluding hydrogens is 264 g/mol. The van der Waals surface area contributed by atoms with Gasteiger partial charge in [-0.2, -0.15) is 0 Å². The first kappa shape index (κ1) is 16.8. The molecule has 3 atom stereocenters. The number of fused-ring (bicyclic) bond motifs is 1. The van der Waals surface area contributed by atoms with E-state index >= 15 is 0 Å². The molecule has 0 bridgehead atoms. The SMILES string of the molecule is CCNC(C)(CCCCN1CCC2CCCCC21)C(=O)O. The predicted octanol–water partition coefficient (Wildman–Crippen LogP) is 2.87. The minimum atomic E-state index is -0.757. The lowest BCUT2D eigenvalue weighted by Crippen LogP contribution is -2.49. The minimum Gasteiger partial charge on any atom is -0.480 e. The van der Waals surface area contributed by atoms with Crippen LogP contribution in [0.1, 0.15) is 65.2 Å². The summed E-state index contributed by atoms with van der Waals surface area (Å²) in [5, 5.41) is 12.5. The molecule has 0 spiro atoms. The number of hydrogen-bond donors (Lipinski definition) is 2. The maximum Gasteiger partial charge on any atom is 0.323 e. The van der Waals surface area contributed by atoms with Gasteiger partial charge in [-0.15, -0.1) is 0 Å². The van der Waals surface area contributed by atoms with Crippen molar-refractivity contribution in [2.24, 2.45) is 5.92 Å². The fourth-order valence-corrected chi connectivity index (χ4v) is 4.24. The molecule has 1 heterocycles. The van der Waals surface area contributed by atoms with Gasteiger partial charge in [-0.1, -0.05) is 19.8 Å². The van der Waals surface area contributed by atoms with E-state index in [1.165, 1.54) is 38.6 Å². The van der Waals surface area contributed by atoms with Crippen molar-refractivity contribution in [3.05, 3.63) is 0 Å². The summed E-state index contributed by atoms with van der Waals surface area (Å²) in [4.78, 5) is 14.1. The number of carbonyl (C=O) groups is 1. The van der Waals surface area contributed by atoms with Gasteiger partial charge < -0.3 is 15.3 Å². The summed E-state index contributed by atoms with van der Waals surface area (Å²) in [5.41, 5.74) is -0.757. The number of unbranched alkanes of at least 4 members (excludes halogenated alkanes) is 1. The summed E-state index contributed by atoms with van der Waals surface area (Å²) < 4.78 is 0. The van der Waals surface area contributed by atoms with Gasteiger partial charge in [-0.05, 0) is 71.0 Å². The lowest BCUT2D eigenvalue weighted by Gasteiger charge is -2.32. The highest BCUT2D eigenvalue weighted by Gasteiger charge is 2.35. The second-order valence-corrected chi connectivity index (χ2v) is 7.06. The Labute approximate surface area is 129 Å². The van der Waals surface area contributed by atoms with Crippen LogP contribution in [0.5, 0.6) is 0 Å². The van der Waals surface area contributed by atoms with Crippen molar-refractivity contribution in [3.8, 4) is 0 Å². The van der Waals surface area contributed by atoms with Gasteiger partial charge in [0.25, 0.3) is 0 Å². The van der Waals surface area contributed by atoms with Crippen LogP contribution in [-0.4, -0.2) is 47.2 Å². The van der Waals surface area contributed by atoms with Crippen LogP contribution in [0.2, 0.25) is 0 Å². The van der Waals surface area contributed by atoms with Crippen LogP contribution in [0.4, 0.5) is 0 Å². The first-order valence-corrected chi connectivity index (χ1v) is 8.79. The van der Waals surface area contributed by atoms with E-state index in [0.29, 0.717) is 6.54 Å². The molecule has 0 aromatic carbocycles. The maximum absolute atomic E-state index is 11.4. The largest absolute Gasteiger partial charge is 0.480 e. The predicted molar refractivity (Wildman–Crippen MR) is 85.5 cm³/mol. The first-order valence-electron chi connectivity index (χ1n) is 8.79. The lowest BCUT2D eigenvalue weighted by molar-refractivity contribution is -0.144. The van der Waals surface area contributed by atoms with Gasteiger partial charge in [0.2, 0.25) is 0 Å². The standard InChI is InChI=1S/C17H32N2O2/c1-3-18-17(2,16(20)21)11-6-7-12-19-13-10-14-8-4-5-9-15(14)19/h14-15,18H,3-13H2,1-2H3,(H,20,21). The summed E-state index contributed by atoms with van der Waals surface area (Å²) in [6.07, 6.45) is 9.85. The van der Waals surface area contributed by atoms with Gasteiger partial charge in [0.1, 0.15) is 5.54 Å². The van der Waals surface area contributed by atoms with Crippen molar-refractivity contribution >= 4 is 5.97 Å². The molecule has 1 aliphatic carbocycles. The van der Waals surface area contributed by atoms with Gasteiger partial charge >= 0.3 is 5.97 Å². The molecule has 0 radical (unpaired) electrons. The Morgan fingerprint density at radius 2 is 2.05 bits per heavy atom. The summed E-state index contributed by atoms with van der Waals surface area (Å²) >= 11 is 0. The fourth-order valence-electron chi connectivity index (χ4n) is 4.24. The fraction of sp³-hybridized carbons (Fsp3) is 0.941. The summed E-state index contributed by atoms with van der Waals surface area (Å²) in [5.74, 6) is 0.225. The normalized spacial score (nSPS) is 29.0. The molecule has 0 amide bonds. The number of hydrogen-bond acceptors (Lipinski definition) is 3. The first-order chi connectivity index (χ1) is 10.1. The highest BCUT2D eigenvalue weighted by Crippen LogP contribution is 2.36. The quantitative estimate of drug-likeness (QED) is 0.676. The van der Waals surface area contributed by atoms with Crippen molar-refractivity contribution in [1.82, 2.24) is 10.2 Å². The van der Waals surface area contributed by atoms with Crippen molar-refractivity contribution in [1.29, 1.82) is 0 Å². The van der Waals surface area contributed by atoms with E-state index in [1.807, 2.05) is 13.8 Å². The number of carboxylic acids is 1. The van der Waals surface area contributed by atoms with Gasteiger partial charge in [-0.25, -0.2) is 0 Å². The molecule has 4 nitrogen and oxygen atoms in total. The average Bonchev–Trinajstić information content (AvgIpc) is 2.87. The van der Waals surface area contributed by atoms with E-state index in [4.69, 9.17) is 0 Å². The number of nitrogens with zero attached hydrogens (tertiary/aromatic N) is 1. The molecule has 3 unspecified atom stereocenters. The second-order valence-electron chi connectivity index (χ2n) is 7.06. The number of likely N-dealkylation sites (N-methyl/N-ethyl adjacent to an activating group) is 1. The molecule has 0 aromatic rings. The van der Waals surface area contributed by atoms with E-state index in [2.05, 4.69) is 10.2 Å². The Morgan fingerprint density at radius 3 is 2.76 bits per heavy atom. The molecule has 4 heteroatoms. The zero-order valence-electron chi connectivity index (χ0n) is 13.7. The van der Waals surface area contributed by atoms with Gasteiger partial charge in [-0.3, -0.25) is 4.79 Å². The highest BCUT2D eigenvalue weighted by atomic mass is 16.4. The lowest BCUT2D eigenvalue weighted by atomic mass is 9.85. The summed E-state index contributed by atoms with van der Waals surface area (Å²) in [6, 6.07) is 0.832. The highest BCUT2D eigenvalue weighted by molar-refractivity contribution is 5.78. The smallest absolute Gasteiger partial charge is 0.323 e. The number of likely N-dealkylation sites (tertiary alicyclic amines) is 1. The molecule has 2 rings (SSSR count). The van der Waals surface area contributed by atoms with Crippen LogP contribution < -0.4 is 5.32 Å². The second kappa shape index (κ2) is 7.59. The molecule has 0 aromatic heterocycles. The van der Waals surface area contributed by atoms with Crippen LogP contribution in [-0.2, 0) is 4.79 Å². The zero-order valence-corrected chi connectivity index (χ0v) is 13.7. The summed E-state index contributed by atoms with van der Waals surface area (Å²) in [6.45, 7) is 6.90. The Hall–Kier alpha value is -0.610. The van der Waals surface area contributed by atoms with Gasteiger partial charge in [0.05, 0.1) is 0 Å². The Kier molecular flexibility index (Phi) is 6.06. The third-order valence-electron chi connectivity index (χ3n) is 5.54. The molecule has 21 heavy (non-hydrogen) atoms.